The van der Waals surface area contributed by atoms with Crippen LogP contribution in [-0.2, 0) is 6.54 Å². The topological polar surface area (TPSA) is 24.5 Å². The highest BCUT2D eigenvalue weighted by Crippen LogP contribution is 2.25. The van der Waals surface area contributed by atoms with Crippen LogP contribution >= 0.6 is 28.3 Å². The summed E-state index contributed by atoms with van der Waals surface area (Å²) >= 11 is 3.52. The Morgan fingerprint density at radius 1 is 1.50 bits per heavy atom. The fraction of sp³-hybridized carbons (Fsp3) is 0.538. The van der Waals surface area contributed by atoms with Crippen molar-refractivity contribution in [3.05, 3.63) is 28.2 Å². The molecule has 0 aliphatic carbocycles. The van der Waals surface area contributed by atoms with Gasteiger partial charge < -0.3 is 10.1 Å². The maximum absolute atomic E-state index is 5.41. The molecule has 1 heterocycles. The summed E-state index contributed by atoms with van der Waals surface area (Å²) in [6.45, 7) is 6.44. The van der Waals surface area contributed by atoms with Crippen molar-refractivity contribution in [3.8, 4) is 5.75 Å². The SMILES string of the molecule is COc1ccc(Br)cc1CN1CCNCC1C.Cl. The van der Waals surface area contributed by atoms with Gasteiger partial charge in [0.15, 0.2) is 0 Å². The fourth-order valence-electron chi connectivity index (χ4n) is 2.21. The van der Waals surface area contributed by atoms with E-state index in [1.165, 1.54) is 5.56 Å². The number of methoxy groups -OCH3 is 1. The van der Waals surface area contributed by atoms with Gasteiger partial charge in [0.1, 0.15) is 5.75 Å². The van der Waals surface area contributed by atoms with Crippen LogP contribution in [0.2, 0.25) is 0 Å². The van der Waals surface area contributed by atoms with E-state index in [9.17, 15) is 0 Å². The molecule has 1 N–H and O–H groups in total. The molecule has 3 nitrogen and oxygen atoms in total. The van der Waals surface area contributed by atoms with Gasteiger partial charge in [-0.15, -0.1) is 12.4 Å². The van der Waals surface area contributed by atoms with E-state index in [2.05, 4.69) is 39.1 Å². The second-order valence-electron chi connectivity index (χ2n) is 4.48. The van der Waals surface area contributed by atoms with Crippen LogP contribution < -0.4 is 10.1 Å². The highest BCUT2D eigenvalue weighted by atomic mass is 79.9. The van der Waals surface area contributed by atoms with Gasteiger partial charge in [0, 0.05) is 42.3 Å². The monoisotopic (exact) mass is 334 g/mol. The molecule has 18 heavy (non-hydrogen) atoms. The molecule has 1 atom stereocenters. The van der Waals surface area contributed by atoms with Crippen molar-refractivity contribution >= 4 is 28.3 Å². The van der Waals surface area contributed by atoms with Crippen molar-refractivity contribution < 1.29 is 4.74 Å². The molecule has 0 bridgehead atoms. The largest absolute Gasteiger partial charge is 0.496 e. The summed E-state index contributed by atoms with van der Waals surface area (Å²) in [6.07, 6.45) is 0. The Labute approximate surface area is 123 Å². The highest BCUT2D eigenvalue weighted by molar-refractivity contribution is 9.10. The number of hydrogen-bond donors (Lipinski definition) is 1. The van der Waals surface area contributed by atoms with E-state index in [-0.39, 0.29) is 12.4 Å². The van der Waals surface area contributed by atoms with Gasteiger partial charge in [-0.25, -0.2) is 0 Å². The molecule has 0 spiro atoms. The van der Waals surface area contributed by atoms with Crippen LogP contribution in [0.25, 0.3) is 0 Å². The minimum Gasteiger partial charge on any atom is -0.496 e. The number of hydrogen-bond acceptors (Lipinski definition) is 3. The molecule has 1 aliphatic heterocycles. The molecule has 102 valence electrons. The summed E-state index contributed by atoms with van der Waals surface area (Å²) in [7, 11) is 1.73. The van der Waals surface area contributed by atoms with Gasteiger partial charge in [0.05, 0.1) is 7.11 Å². The van der Waals surface area contributed by atoms with Crippen LogP contribution in [0, 0.1) is 0 Å². The van der Waals surface area contributed by atoms with E-state index >= 15 is 0 Å². The average molecular weight is 336 g/mol. The lowest BCUT2D eigenvalue weighted by atomic mass is 10.1. The van der Waals surface area contributed by atoms with Gasteiger partial charge in [0.25, 0.3) is 0 Å². The van der Waals surface area contributed by atoms with Gasteiger partial charge in [0.2, 0.25) is 0 Å². The van der Waals surface area contributed by atoms with Crippen LogP contribution in [0.5, 0.6) is 5.75 Å². The lowest BCUT2D eigenvalue weighted by Gasteiger charge is -2.34. The third kappa shape index (κ3) is 3.85. The number of piperazine rings is 1. The third-order valence-electron chi connectivity index (χ3n) is 3.25. The summed E-state index contributed by atoms with van der Waals surface area (Å²) in [6, 6.07) is 6.76. The quantitative estimate of drug-likeness (QED) is 0.919. The van der Waals surface area contributed by atoms with Crippen molar-refractivity contribution in [3.63, 3.8) is 0 Å². The minimum absolute atomic E-state index is 0. The third-order valence-corrected chi connectivity index (χ3v) is 3.75. The fourth-order valence-corrected chi connectivity index (χ4v) is 2.62. The molecule has 1 aliphatic rings. The summed E-state index contributed by atoms with van der Waals surface area (Å²) in [4.78, 5) is 2.49. The Bertz CT molecular complexity index is 389. The Morgan fingerprint density at radius 2 is 2.28 bits per heavy atom. The summed E-state index contributed by atoms with van der Waals surface area (Å²) in [5, 5.41) is 3.41. The van der Waals surface area contributed by atoms with Crippen LogP contribution in [0.3, 0.4) is 0 Å². The predicted octanol–water partition coefficient (Wildman–Crippen LogP) is 2.67. The molecular weight excluding hydrogens is 316 g/mol. The van der Waals surface area contributed by atoms with E-state index in [1.54, 1.807) is 7.11 Å². The molecule has 1 aromatic carbocycles. The van der Waals surface area contributed by atoms with Crippen molar-refractivity contribution in [1.82, 2.24) is 10.2 Å². The van der Waals surface area contributed by atoms with Crippen molar-refractivity contribution in [2.45, 2.75) is 19.5 Å². The van der Waals surface area contributed by atoms with Gasteiger partial charge in [-0.1, -0.05) is 15.9 Å². The van der Waals surface area contributed by atoms with E-state index in [0.29, 0.717) is 6.04 Å². The number of nitrogens with zero attached hydrogens (tertiary/aromatic N) is 1. The highest BCUT2D eigenvalue weighted by Gasteiger charge is 2.19. The Kier molecular flexibility index (Phi) is 6.43. The number of nitrogens with one attached hydrogen (secondary N) is 1. The van der Waals surface area contributed by atoms with Crippen molar-refractivity contribution in [1.29, 1.82) is 0 Å². The Balaban J connectivity index is 0.00000162. The second-order valence-corrected chi connectivity index (χ2v) is 5.40. The van der Waals surface area contributed by atoms with Gasteiger partial charge in [-0.3, -0.25) is 4.90 Å². The van der Waals surface area contributed by atoms with Gasteiger partial charge in [-0.2, -0.15) is 0 Å². The number of halogens is 2. The first-order valence-electron chi connectivity index (χ1n) is 5.98. The van der Waals surface area contributed by atoms with Crippen LogP contribution in [0.4, 0.5) is 0 Å². The zero-order valence-corrected chi connectivity index (χ0v) is 13.2. The second kappa shape index (κ2) is 7.34. The first-order chi connectivity index (χ1) is 8.20. The van der Waals surface area contributed by atoms with Crippen LogP contribution in [-0.4, -0.2) is 37.7 Å². The number of ether oxygens (including phenoxy) is 1. The molecule has 0 amide bonds. The molecule has 1 aromatic rings. The maximum Gasteiger partial charge on any atom is 0.123 e. The number of rotatable bonds is 3. The van der Waals surface area contributed by atoms with Crippen molar-refractivity contribution in [2.75, 3.05) is 26.7 Å². The molecule has 1 unspecified atom stereocenters. The normalized spacial score (nSPS) is 20.3. The van der Waals surface area contributed by atoms with E-state index in [1.807, 2.05) is 12.1 Å². The zero-order valence-electron chi connectivity index (χ0n) is 10.8. The van der Waals surface area contributed by atoms with Gasteiger partial charge >= 0.3 is 0 Å². The maximum atomic E-state index is 5.41. The van der Waals surface area contributed by atoms with Crippen LogP contribution in [0.1, 0.15) is 12.5 Å². The smallest absolute Gasteiger partial charge is 0.123 e. The Hall–Kier alpha value is -0.290. The first-order valence-corrected chi connectivity index (χ1v) is 6.77. The molecule has 1 fully saturated rings. The summed E-state index contributed by atoms with van der Waals surface area (Å²) in [5.74, 6) is 0.971. The molecule has 1 saturated heterocycles. The number of benzene rings is 1. The molecular formula is C13H20BrClN2O. The minimum atomic E-state index is 0. The molecule has 2 rings (SSSR count). The molecule has 5 heteroatoms. The van der Waals surface area contributed by atoms with E-state index in [4.69, 9.17) is 4.74 Å². The Morgan fingerprint density at radius 3 is 2.94 bits per heavy atom. The van der Waals surface area contributed by atoms with Crippen LogP contribution in [0.15, 0.2) is 22.7 Å². The molecule has 0 aromatic heterocycles. The molecule has 0 saturated carbocycles. The van der Waals surface area contributed by atoms with E-state index < -0.39 is 0 Å². The summed E-state index contributed by atoms with van der Waals surface area (Å²) in [5.41, 5.74) is 1.25. The van der Waals surface area contributed by atoms with E-state index in [0.717, 1.165) is 36.4 Å². The predicted molar refractivity (Wildman–Crippen MR) is 80.7 cm³/mol. The molecule has 0 radical (unpaired) electrons. The van der Waals surface area contributed by atoms with Gasteiger partial charge in [-0.05, 0) is 25.1 Å². The lowest BCUT2D eigenvalue weighted by Crippen LogP contribution is -2.49. The average Bonchev–Trinajstić information content (AvgIpc) is 2.32. The summed E-state index contributed by atoms with van der Waals surface area (Å²) < 4.78 is 6.52. The lowest BCUT2D eigenvalue weighted by molar-refractivity contribution is 0.164. The standard InChI is InChI=1S/C13H19BrN2O.ClH/c1-10-8-15-5-6-16(10)9-11-7-12(14)3-4-13(11)17-2;/h3-4,7,10,15H,5-6,8-9H2,1-2H3;1H. The first kappa shape index (κ1) is 15.8. The van der Waals surface area contributed by atoms with Crippen molar-refractivity contribution in [2.24, 2.45) is 0 Å². The zero-order chi connectivity index (χ0) is 12.3.